The average molecular weight is 277 g/mol. The Balaban J connectivity index is 1.94. The summed E-state index contributed by atoms with van der Waals surface area (Å²) in [6.07, 6.45) is 0.413. The molecule has 0 aliphatic heterocycles. The van der Waals surface area contributed by atoms with Crippen LogP contribution in [0.25, 0.3) is 0 Å². The van der Waals surface area contributed by atoms with Crippen molar-refractivity contribution in [2.45, 2.75) is 19.4 Å². The number of aromatic hydroxyl groups is 1. The minimum Gasteiger partial charge on any atom is -0.508 e. The molecule has 1 aromatic heterocycles. The van der Waals surface area contributed by atoms with Crippen molar-refractivity contribution in [1.82, 2.24) is 4.98 Å². The molecule has 0 bridgehead atoms. The number of aryl methyl sites for hydroxylation is 1. The highest BCUT2D eigenvalue weighted by atomic mass is 32.1. The van der Waals surface area contributed by atoms with E-state index < -0.39 is 6.04 Å². The summed E-state index contributed by atoms with van der Waals surface area (Å²) in [6, 6.07) is 5.99. The lowest BCUT2D eigenvalue weighted by atomic mass is 10.1. The van der Waals surface area contributed by atoms with Crippen molar-refractivity contribution < 1.29 is 9.90 Å². The molecule has 0 saturated heterocycles. The van der Waals surface area contributed by atoms with Crippen molar-refractivity contribution in [2.75, 3.05) is 5.32 Å². The van der Waals surface area contributed by atoms with Crippen molar-refractivity contribution in [3.8, 4) is 5.75 Å². The topological polar surface area (TPSA) is 88.2 Å². The van der Waals surface area contributed by atoms with E-state index in [1.807, 2.05) is 12.3 Å². The lowest BCUT2D eigenvalue weighted by molar-refractivity contribution is -0.117. The summed E-state index contributed by atoms with van der Waals surface area (Å²) in [4.78, 5) is 16.0. The van der Waals surface area contributed by atoms with E-state index in [9.17, 15) is 9.90 Å². The molecular formula is C13H15N3O2S. The largest absolute Gasteiger partial charge is 0.508 e. The summed E-state index contributed by atoms with van der Waals surface area (Å²) in [5, 5.41) is 14.3. The van der Waals surface area contributed by atoms with Gasteiger partial charge in [0.25, 0.3) is 0 Å². The van der Waals surface area contributed by atoms with E-state index in [1.54, 1.807) is 24.3 Å². The van der Waals surface area contributed by atoms with Gasteiger partial charge in [0.2, 0.25) is 5.91 Å². The second-order valence-electron chi connectivity index (χ2n) is 4.26. The Morgan fingerprint density at radius 1 is 1.47 bits per heavy atom. The van der Waals surface area contributed by atoms with E-state index in [4.69, 9.17) is 5.73 Å². The Hall–Kier alpha value is -1.92. The van der Waals surface area contributed by atoms with Crippen LogP contribution in [0, 0.1) is 6.92 Å². The molecule has 0 saturated carbocycles. The molecule has 0 fully saturated rings. The van der Waals surface area contributed by atoms with Gasteiger partial charge in [-0.15, -0.1) is 11.3 Å². The molecule has 0 aliphatic carbocycles. The molecule has 19 heavy (non-hydrogen) atoms. The monoisotopic (exact) mass is 277 g/mol. The first-order chi connectivity index (χ1) is 9.04. The standard InChI is InChI=1S/C13H15N3O2S/c1-8-7-19-13(15-8)16-12(18)11(14)6-9-2-4-10(17)5-3-9/h2-5,7,11,17H,6,14H2,1H3,(H,15,16,18)/t11-/m0/s1. The molecule has 6 heteroatoms. The quantitative estimate of drug-likeness (QED) is 0.793. The van der Waals surface area contributed by atoms with Gasteiger partial charge in [-0.05, 0) is 31.0 Å². The van der Waals surface area contributed by atoms with E-state index >= 15 is 0 Å². The third kappa shape index (κ3) is 3.77. The zero-order valence-corrected chi connectivity index (χ0v) is 11.3. The number of carbonyl (C=O) groups is 1. The number of nitrogens with one attached hydrogen (secondary N) is 1. The first kappa shape index (κ1) is 13.5. The summed E-state index contributed by atoms with van der Waals surface area (Å²) in [5.74, 6) is -0.0672. The van der Waals surface area contributed by atoms with Crippen molar-refractivity contribution >= 4 is 22.4 Å². The van der Waals surface area contributed by atoms with Crippen LogP contribution in [0.3, 0.4) is 0 Å². The van der Waals surface area contributed by atoms with E-state index in [-0.39, 0.29) is 11.7 Å². The van der Waals surface area contributed by atoms with E-state index in [0.717, 1.165) is 11.3 Å². The molecule has 0 unspecified atom stereocenters. The molecule has 5 nitrogen and oxygen atoms in total. The SMILES string of the molecule is Cc1csc(NC(=O)[C@@H](N)Cc2ccc(O)cc2)n1. The molecule has 4 N–H and O–H groups in total. The maximum atomic E-state index is 11.9. The minimum atomic E-state index is -0.645. The number of nitrogens with zero attached hydrogens (tertiary/aromatic N) is 1. The van der Waals surface area contributed by atoms with Gasteiger partial charge in [0, 0.05) is 5.38 Å². The van der Waals surface area contributed by atoms with Crippen molar-refractivity contribution in [2.24, 2.45) is 5.73 Å². The van der Waals surface area contributed by atoms with Crippen LogP contribution in [-0.4, -0.2) is 22.0 Å². The number of aromatic nitrogens is 1. The smallest absolute Gasteiger partial charge is 0.243 e. The van der Waals surface area contributed by atoms with E-state index in [0.29, 0.717) is 11.6 Å². The second-order valence-corrected chi connectivity index (χ2v) is 5.12. The van der Waals surface area contributed by atoms with Crippen molar-refractivity contribution in [3.05, 3.63) is 40.9 Å². The van der Waals surface area contributed by atoms with Gasteiger partial charge >= 0.3 is 0 Å². The van der Waals surface area contributed by atoms with Crippen LogP contribution >= 0.6 is 11.3 Å². The molecule has 1 heterocycles. The second kappa shape index (κ2) is 5.81. The number of nitrogens with two attached hydrogens (primary N) is 1. The number of hydrogen-bond donors (Lipinski definition) is 3. The summed E-state index contributed by atoms with van der Waals surface area (Å²) < 4.78 is 0. The molecular weight excluding hydrogens is 262 g/mol. The third-order valence-corrected chi connectivity index (χ3v) is 3.45. The molecule has 1 atom stereocenters. The lowest BCUT2D eigenvalue weighted by Crippen LogP contribution is -2.37. The molecule has 0 aliphatic rings. The number of amides is 1. The lowest BCUT2D eigenvalue weighted by Gasteiger charge is -2.10. The number of anilines is 1. The van der Waals surface area contributed by atoms with Crippen molar-refractivity contribution in [1.29, 1.82) is 0 Å². The number of thiazole rings is 1. The normalized spacial score (nSPS) is 12.1. The zero-order chi connectivity index (χ0) is 13.8. The van der Waals surface area contributed by atoms with Gasteiger partial charge in [0.1, 0.15) is 5.75 Å². The van der Waals surface area contributed by atoms with Crippen LogP contribution in [0.2, 0.25) is 0 Å². The molecule has 1 aromatic carbocycles. The number of rotatable bonds is 4. The van der Waals surface area contributed by atoms with Gasteiger partial charge in [-0.1, -0.05) is 12.1 Å². The maximum Gasteiger partial charge on any atom is 0.243 e. The molecule has 2 rings (SSSR count). The van der Waals surface area contributed by atoms with Crippen LogP contribution < -0.4 is 11.1 Å². The number of phenols is 1. The molecule has 1 amide bonds. The first-order valence-corrected chi connectivity index (χ1v) is 6.69. The van der Waals surface area contributed by atoms with Gasteiger partial charge in [-0.3, -0.25) is 4.79 Å². The van der Waals surface area contributed by atoms with Crippen LogP contribution in [-0.2, 0) is 11.2 Å². The van der Waals surface area contributed by atoms with Gasteiger partial charge in [-0.2, -0.15) is 0 Å². The molecule has 0 spiro atoms. The summed E-state index contributed by atoms with van der Waals surface area (Å²) in [6.45, 7) is 1.86. The Labute approximate surface area is 115 Å². The van der Waals surface area contributed by atoms with Gasteiger partial charge in [0.05, 0.1) is 11.7 Å². The predicted molar refractivity (Wildman–Crippen MR) is 75.3 cm³/mol. The first-order valence-electron chi connectivity index (χ1n) is 5.81. The van der Waals surface area contributed by atoms with Gasteiger partial charge in [-0.25, -0.2) is 4.98 Å². The summed E-state index contributed by atoms with van der Waals surface area (Å²) in [7, 11) is 0. The predicted octanol–water partition coefficient (Wildman–Crippen LogP) is 1.67. The Bertz CT molecular complexity index is 566. The Morgan fingerprint density at radius 2 is 2.16 bits per heavy atom. The molecule has 0 radical (unpaired) electrons. The number of hydrogen-bond acceptors (Lipinski definition) is 5. The Kier molecular flexibility index (Phi) is 4.13. The average Bonchev–Trinajstić information content (AvgIpc) is 2.77. The van der Waals surface area contributed by atoms with Crippen LogP contribution in [0.5, 0.6) is 5.75 Å². The van der Waals surface area contributed by atoms with Gasteiger partial charge < -0.3 is 16.2 Å². The molecule has 2 aromatic rings. The Morgan fingerprint density at radius 3 is 2.74 bits per heavy atom. The van der Waals surface area contributed by atoms with E-state index in [1.165, 1.54) is 11.3 Å². The highest BCUT2D eigenvalue weighted by Crippen LogP contribution is 2.15. The fraction of sp³-hybridized carbons (Fsp3) is 0.231. The number of phenolic OH excluding ortho intramolecular Hbond substituents is 1. The highest BCUT2D eigenvalue weighted by Gasteiger charge is 2.15. The van der Waals surface area contributed by atoms with Crippen LogP contribution in [0.4, 0.5) is 5.13 Å². The summed E-state index contributed by atoms with van der Waals surface area (Å²) in [5.41, 5.74) is 7.61. The fourth-order valence-electron chi connectivity index (χ4n) is 1.59. The fourth-order valence-corrected chi connectivity index (χ4v) is 2.28. The van der Waals surface area contributed by atoms with E-state index in [2.05, 4.69) is 10.3 Å². The minimum absolute atomic E-state index is 0.194. The third-order valence-electron chi connectivity index (χ3n) is 2.58. The van der Waals surface area contributed by atoms with Crippen LogP contribution in [0.1, 0.15) is 11.3 Å². The summed E-state index contributed by atoms with van der Waals surface area (Å²) >= 11 is 1.37. The highest BCUT2D eigenvalue weighted by molar-refractivity contribution is 7.13. The van der Waals surface area contributed by atoms with Crippen molar-refractivity contribution in [3.63, 3.8) is 0 Å². The van der Waals surface area contributed by atoms with Gasteiger partial charge in [0.15, 0.2) is 5.13 Å². The van der Waals surface area contributed by atoms with Crippen LogP contribution in [0.15, 0.2) is 29.6 Å². The number of benzene rings is 1. The molecule has 100 valence electrons. The maximum absolute atomic E-state index is 11.9. The number of carbonyl (C=O) groups excluding carboxylic acids is 1. The zero-order valence-electron chi connectivity index (χ0n) is 10.5.